The highest BCUT2D eigenvalue weighted by Crippen LogP contribution is 2.30. The Hall–Kier alpha value is -2.33. The first-order valence-electron chi connectivity index (χ1n) is 7.05. The van der Waals surface area contributed by atoms with Crippen molar-refractivity contribution in [3.8, 4) is 0 Å². The second-order valence-corrected chi connectivity index (χ2v) is 5.64. The molecule has 1 fully saturated rings. The van der Waals surface area contributed by atoms with Crippen LogP contribution >= 0.6 is 11.6 Å². The lowest BCUT2D eigenvalue weighted by Crippen LogP contribution is -2.40. The standard InChI is InChI=1S/C17H15ClN2O2/c18-13-8-4-5-9-14(13)19-17(22)16-12(10-15(21)20-16)11-6-2-1-3-7-11/h1-9,12,16H,10H2,(H,19,22)(H,20,21). The Kier molecular flexibility index (Phi) is 4.11. The third kappa shape index (κ3) is 2.97. The van der Waals surface area contributed by atoms with Crippen molar-refractivity contribution in [3.05, 3.63) is 65.2 Å². The van der Waals surface area contributed by atoms with Crippen molar-refractivity contribution in [2.24, 2.45) is 0 Å². The molecule has 1 saturated heterocycles. The highest BCUT2D eigenvalue weighted by atomic mass is 35.5. The molecule has 2 N–H and O–H groups in total. The van der Waals surface area contributed by atoms with Gasteiger partial charge in [-0.3, -0.25) is 9.59 Å². The molecular formula is C17H15ClN2O2. The monoisotopic (exact) mass is 314 g/mol. The Morgan fingerprint density at radius 3 is 2.50 bits per heavy atom. The average molecular weight is 315 g/mol. The summed E-state index contributed by atoms with van der Waals surface area (Å²) in [5.41, 5.74) is 1.52. The first-order valence-corrected chi connectivity index (χ1v) is 7.42. The Bertz CT molecular complexity index is 703. The predicted octanol–water partition coefficient (Wildman–Crippen LogP) is 2.95. The van der Waals surface area contributed by atoms with Gasteiger partial charge in [-0.2, -0.15) is 0 Å². The fourth-order valence-corrected chi connectivity index (χ4v) is 2.87. The number of amides is 2. The number of anilines is 1. The summed E-state index contributed by atoms with van der Waals surface area (Å²) in [7, 11) is 0. The molecule has 1 heterocycles. The Labute approximate surface area is 133 Å². The normalized spacial score (nSPS) is 20.5. The molecule has 2 atom stereocenters. The average Bonchev–Trinajstić information content (AvgIpc) is 2.92. The minimum absolute atomic E-state index is 0.117. The molecule has 2 amide bonds. The lowest BCUT2D eigenvalue weighted by atomic mass is 9.91. The zero-order chi connectivity index (χ0) is 15.5. The Balaban J connectivity index is 1.81. The number of hydrogen-bond acceptors (Lipinski definition) is 2. The lowest BCUT2D eigenvalue weighted by Gasteiger charge is -2.19. The largest absolute Gasteiger partial charge is 0.344 e. The number of hydrogen-bond donors (Lipinski definition) is 2. The van der Waals surface area contributed by atoms with Crippen molar-refractivity contribution in [2.45, 2.75) is 18.4 Å². The quantitative estimate of drug-likeness (QED) is 0.915. The molecule has 0 aliphatic carbocycles. The van der Waals surface area contributed by atoms with Gasteiger partial charge in [0.1, 0.15) is 6.04 Å². The van der Waals surface area contributed by atoms with Crippen LogP contribution in [0.25, 0.3) is 0 Å². The molecule has 0 saturated carbocycles. The predicted molar refractivity (Wildman–Crippen MR) is 85.8 cm³/mol. The molecule has 2 unspecified atom stereocenters. The second-order valence-electron chi connectivity index (χ2n) is 5.24. The van der Waals surface area contributed by atoms with Crippen LogP contribution in [0.2, 0.25) is 5.02 Å². The molecule has 0 bridgehead atoms. The van der Waals surface area contributed by atoms with Crippen LogP contribution in [0.1, 0.15) is 17.9 Å². The number of carbonyl (C=O) groups is 2. The first kappa shape index (κ1) is 14.6. The first-order chi connectivity index (χ1) is 10.6. The number of benzene rings is 2. The van der Waals surface area contributed by atoms with Crippen molar-refractivity contribution >= 4 is 29.1 Å². The van der Waals surface area contributed by atoms with Gasteiger partial charge in [0.25, 0.3) is 0 Å². The molecule has 5 heteroatoms. The van der Waals surface area contributed by atoms with Gasteiger partial charge < -0.3 is 10.6 Å². The van der Waals surface area contributed by atoms with Gasteiger partial charge >= 0.3 is 0 Å². The number of nitrogens with one attached hydrogen (secondary N) is 2. The van der Waals surface area contributed by atoms with Crippen LogP contribution < -0.4 is 10.6 Å². The topological polar surface area (TPSA) is 58.2 Å². The van der Waals surface area contributed by atoms with Crippen LogP contribution in [0.4, 0.5) is 5.69 Å². The van der Waals surface area contributed by atoms with Crippen molar-refractivity contribution in [1.29, 1.82) is 0 Å². The maximum atomic E-state index is 12.5. The molecule has 22 heavy (non-hydrogen) atoms. The summed E-state index contributed by atoms with van der Waals surface area (Å²) in [5.74, 6) is -0.544. The molecule has 0 spiro atoms. The van der Waals surface area contributed by atoms with E-state index in [1.54, 1.807) is 24.3 Å². The van der Waals surface area contributed by atoms with Crippen molar-refractivity contribution in [1.82, 2.24) is 5.32 Å². The molecule has 0 radical (unpaired) electrons. The van der Waals surface area contributed by atoms with Gasteiger partial charge in [-0.15, -0.1) is 0 Å². The molecule has 112 valence electrons. The van der Waals surface area contributed by atoms with Crippen LogP contribution in [-0.2, 0) is 9.59 Å². The summed E-state index contributed by atoms with van der Waals surface area (Å²) in [5, 5.41) is 6.00. The minimum Gasteiger partial charge on any atom is -0.344 e. The van der Waals surface area contributed by atoms with Crippen molar-refractivity contribution in [2.75, 3.05) is 5.32 Å². The summed E-state index contributed by atoms with van der Waals surface area (Å²) in [4.78, 5) is 24.3. The lowest BCUT2D eigenvalue weighted by molar-refractivity contribution is -0.122. The molecule has 2 aromatic rings. The van der Waals surface area contributed by atoms with Gasteiger partial charge in [-0.1, -0.05) is 54.1 Å². The fourth-order valence-electron chi connectivity index (χ4n) is 2.68. The fraction of sp³-hybridized carbons (Fsp3) is 0.176. The Morgan fingerprint density at radius 1 is 1.09 bits per heavy atom. The van der Waals surface area contributed by atoms with Gasteiger partial charge in [0.2, 0.25) is 11.8 Å². The SMILES string of the molecule is O=C1CC(c2ccccc2)C(C(=O)Nc2ccccc2Cl)N1. The van der Waals surface area contributed by atoms with E-state index in [2.05, 4.69) is 10.6 Å². The summed E-state index contributed by atoms with van der Waals surface area (Å²) < 4.78 is 0. The van der Waals surface area contributed by atoms with E-state index in [0.29, 0.717) is 17.1 Å². The van der Waals surface area contributed by atoms with E-state index in [1.165, 1.54) is 0 Å². The summed E-state index contributed by atoms with van der Waals surface area (Å²) in [6.07, 6.45) is 0.310. The highest BCUT2D eigenvalue weighted by Gasteiger charge is 2.38. The van der Waals surface area contributed by atoms with Crippen molar-refractivity contribution in [3.63, 3.8) is 0 Å². The molecule has 2 aromatic carbocycles. The molecule has 4 nitrogen and oxygen atoms in total. The molecular weight excluding hydrogens is 300 g/mol. The van der Waals surface area contributed by atoms with Crippen molar-refractivity contribution < 1.29 is 9.59 Å². The van der Waals surface area contributed by atoms with E-state index in [1.807, 2.05) is 30.3 Å². The molecule has 0 aromatic heterocycles. The summed E-state index contributed by atoms with van der Waals surface area (Å²) in [6.45, 7) is 0. The third-order valence-electron chi connectivity index (χ3n) is 3.77. The number of carbonyl (C=O) groups excluding carboxylic acids is 2. The van der Waals surface area contributed by atoms with Crippen LogP contribution in [0.15, 0.2) is 54.6 Å². The summed E-state index contributed by atoms with van der Waals surface area (Å²) >= 11 is 6.06. The number of rotatable bonds is 3. The zero-order valence-corrected chi connectivity index (χ0v) is 12.5. The number of para-hydroxylation sites is 1. The van der Waals surface area contributed by atoms with Crippen LogP contribution in [0.3, 0.4) is 0 Å². The van der Waals surface area contributed by atoms with Gasteiger partial charge in [0, 0.05) is 12.3 Å². The minimum atomic E-state index is -0.592. The molecule has 3 rings (SSSR count). The Morgan fingerprint density at radius 2 is 1.77 bits per heavy atom. The van der Waals surface area contributed by atoms with Crippen LogP contribution in [0.5, 0.6) is 0 Å². The van der Waals surface area contributed by atoms with Gasteiger partial charge in [0.15, 0.2) is 0 Å². The van der Waals surface area contributed by atoms with E-state index in [9.17, 15) is 9.59 Å². The maximum Gasteiger partial charge on any atom is 0.247 e. The highest BCUT2D eigenvalue weighted by molar-refractivity contribution is 6.33. The maximum absolute atomic E-state index is 12.5. The smallest absolute Gasteiger partial charge is 0.247 e. The van der Waals surface area contributed by atoms with E-state index < -0.39 is 6.04 Å². The van der Waals surface area contributed by atoms with E-state index in [-0.39, 0.29) is 17.7 Å². The van der Waals surface area contributed by atoms with Crippen LogP contribution in [0, 0.1) is 0 Å². The molecule has 1 aliphatic heterocycles. The number of halogens is 1. The van der Waals surface area contributed by atoms with Gasteiger partial charge in [-0.05, 0) is 17.7 Å². The van der Waals surface area contributed by atoms with E-state index >= 15 is 0 Å². The van der Waals surface area contributed by atoms with E-state index in [4.69, 9.17) is 11.6 Å². The molecule has 1 aliphatic rings. The van der Waals surface area contributed by atoms with Crippen LogP contribution in [-0.4, -0.2) is 17.9 Å². The zero-order valence-electron chi connectivity index (χ0n) is 11.8. The second kappa shape index (κ2) is 6.20. The summed E-state index contributed by atoms with van der Waals surface area (Å²) in [6, 6.07) is 16.0. The third-order valence-corrected chi connectivity index (χ3v) is 4.10. The van der Waals surface area contributed by atoms with E-state index in [0.717, 1.165) is 5.56 Å². The van der Waals surface area contributed by atoms with Gasteiger partial charge in [0.05, 0.1) is 10.7 Å². The van der Waals surface area contributed by atoms with Gasteiger partial charge in [-0.25, -0.2) is 0 Å².